The first kappa shape index (κ1) is 13.4. The van der Waals surface area contributed by atoms with Crippen LogP contribution < -0.4 is 0 Å². The third-order valence-electron chi connectivity index (χ3n) is 3.37. The van der Waals surface area contributed by atoms with Crippen LogP contribution in [-0.2, 0) is 15.1 Å². The Morgan fingerprint density at radius 1 is 1.15 bits per heavy atom. The fraction of sp³-hybridized carbons (Fsp3) is 0.133. The van der Waals surface area contributed by atoms with Crippen molar-refractivity contribution in [1.29, 1.82) is 0 Å². The molecule has 1 aliphatic heterocycles. The Hall–Kier alpha value is -1.55. The lowest BCUT2D eigenvalue weighted by Crippen LogP contribution is -2.20. The smallest absolute Gasteiger partial charge is 0.336 e. The molecular formula is C15H10Cl2O3. The zero-order valence-corrected chi connectivity index (χ0v) is 11.7. The van der Waals surface area contributed by atoms with Gasteiger partial charge in [-0.1, -0.05) is 53.5 Å². The molecule has 0 aliphatic carbocycles. The Morgan fingerprint density at radius 2 is 1.90 bits per heavy atom. The number of hydrogen-bond donors (Lipinski definition) is 1. The van der Waals surface area contributed by atoms with Crippen LogP contribution in [0.1, 0.15) is 11.1 Å². The van der Waals surface area contributed by atoms with Gasteiger partial charge in [-0.25, -0.2) is 4.79 Å². The Bertz CT molecular complexity index is 686. The molecule has 2 aromatic carbocycles. The molecule has 0 aromatic heterocycles. The summed E-state index contributed by atoms with van der Waals surface area (Å²) in [6, 6.07) is 14.0. The fourth-order valence-electron chi connectivity index (χ4n) is 2.44. The van der Waals surface area contributed by atoms with E-state index in [-0.39, 0.29) is 0 Å². The molecule has 2 atom stereocenters. The lowest BCUT2D eigenvalue weighted by Gasteiger charge is -2.15. The van der Waals surface area contributed by atoms with Crippen molar-refractivity contribution in [1.82, 2.24) is 0 Å². The van der Waals surface area contributed by atoms with Crippen LogP contribution in [0.5, 0.6) is 0 Å². The zero-order chi connectivity index (χ0) is 14.3. The molecule has 0 radical (unpaired) electrons. The second-order valence-electron chi connectivity index (χ2n) is 4.56. The van der Waals surface area contributed by atoms with Crippen LogP contribution in [0, 0.1) is 0 Å². The third-order valence-corrected chi connectivity index (χ3v) is 3.93. The van der Waals surface area contributed by atoms with Crippen LogP contribution in [-0.4, -0.2) is 17.2 Å². The largest absolute Gasteiger partial charge is 0.479 e. The van der Waals surface area contributed by atoms with Crippen LogP contribution in [0.4, 0.5) is 0 Å². The van der Waals surface area contributed by atoms with Gasteiger partial charge in [0.05, 0.1) is 0 Å². The van der Waals surface area contributed by atoms with Crippen LogP contribution in [0.3, 0.4) is 0 Å². The molecular weight excluding hydrogens is 299 g/mol. The minimum absolute atomic E-state index is 0.469. The summed E-state index contributed by atoms with van der Waals surface area (Å²) in [6.07, 6.45) is -0.958. The van der Waals surface area contributed by atoms with Gasteiger partial charge in [0.25, 0.3) is 0 Å². The van der Waals surface area contributed by atoms with Gasteiger partial charge in [-0.3, -0.25) is 0 Å². The number of benzene rings is 2. The van der Waals surface area contributed by atoms with Crippen molar-refractivity contribution in [2.75, 3.05) is 0 Å². The van der Waals surface area contributed by atoms with E-state index in [9.17, 15) is 9.90 Å². The van der Waals surface area contributed by atoms with Crippen molar-refractivity contribution in [3.05, 3.63) is 69.7 Å². The minimum Gasteiger partial charge on any atom is -0.479 e. The molecule has 1 heterocycles. The second kappa shape index (κ2) is 4.77. The van der Waals surface area contributed by atoms with E-state index in [4.69, 9.17) is 27.9 Å². The number of aliphatic carboxylic acids is 1. The third kappa shape index (κ3) is 1.99. The molecule has 102 valence electrons. The summed E-state index contributed by atoms with van der Waals surface area (Å²) in [4.78, 5) is 11.3. The van der Waals surface area contributed by atoms with E-state index < -0.39 is 17.7 Å². The first-order valence-electron chi connectivity index (χ1n) is 5.97. The first-order valence-corrected chi connectivity index (χ1v) is 6.73. The average molecular weight is 309 g/mol. The molecule has 3 nitrogen and oxygen atoms in total. The minimum atomic E-state index is -1.06. The first-order chi connectivity index (χ1) is 9.55. The molecule has 0 spiro atoms. The number of rotatable bonds is 3. The van der Waals surface area contributed by atoms with Gasteiger partial charge >= 0.3 is 5.97 Å². The number of carboxylic acid groups (broad SMARTS) is 1. The van der Waals surface area contributed by atoms with Gasteiger partial charge in [0.2, 0.25) is 0 Å². The summed E-state index contributed by atoms with van der Waals surface area (Å²) in [6.45, 7) is 0. The monoisotopic (exact) mass is 308 g/mol. The maximum absolute atomic E-state index is 11.3. The van der Waals surface area contributed by atoms with Gasteiger partial charge in [0.15, 0.2) is 11.7 Å². The molecule has 1 N–H and O–H groups in total. The molecule has 0 amide bonds. The molecule has 1 saturated heterocycles. The second-order valence-corrected chi connectivity index (χ2v) is 5.41. The van der Waals surface area contributed by atoms with E-state index in [1.807, 2.05) is 0 Å². The van der Waals surface area contributed by atoms with Gasteiger partial charge in [0, 0.05) is 15.6 Å². The van der Waals surface area contributed by atoms with Gasteiger partial charge < -0.3 is 9.84 Å². The van der Waals surface area contributed by atoms with Crippen molar-refractivity contribution >= 4 is 29.2 Å². The summed E-state index contributed by atoms with van der Waals surface area (Å²) in [5.41, 5.74) is 0.261. The van der Waals surface area contributed by atoms with E-state index in [1.54, 1.807) is 48.5 Å². The number of epoxide rings is 1. The highest BCUT2D eigenvalue weighted by Crippen LogP contribution is 2.53. The molecule has 20 heavy (non-hydrogen) atoms. The van der Waals surface area contributed by atoms with E-state index in [2.05, 4.69) is 0 Å². The van der Waals surface area contributed by atoms with Gasteiger partial charge in [0.1, 0.15) is 0 Å². The summed E-state index contributed by atoms with van der Waals surface area (Å²) in [5.74, 6) is -1.02. The summed E-state index contributed by atoms with van der Waals surface area (Å²) in [5, 5.41) is 10.3. The molecule has 2 aromatic rings. The normalized spacial score (nSPS) is 24.4. The predicted molar refractivity (Wildman–Crippen MR) is 76.2 cm³/mol. The SMILES string of the molecule is O=C(O)[C@H]1O[C@@]1(c1cccc(Cl)c1)c1ccccc1Cl. The summed E-state index contributed by atoms with van der Waals surface area (Å²) < 4.78 is 5.53. The van der Waals surface area contributed by atoms with Crippen LogP contribution in [0.15, 0.2) is 48.5 Å². The lowest BCUT2D eigenvalue weighted by molar-refractivity contribution is -0.138. The number of halogens is 2. The maximum atomic E-state index is 11.3. The quantitative estimate of drug-likeness (QED) is 0.879. The average Bonchev–Trinajstić information content (AvgIpc) is 3.16. The molecule has 1 fully saturated rings. The Kier molecular flexibility index (Phi) is 3.21. The Balaban J connectivity index is 2.18. The van der Waals surface area contributed by atoms with Gasteiger partial charge in [-0.05, 0) is 23.8 Å². The maximum Gasteiger partial charge on any atom is 0.336 e. The topological polar surface area (TPSA) is 49.8 Å². The number of ether oxygens (including phenoxy) is 1. The standard InChI is InChI=1S/C15H10Cl2O3/c16-10-5-3-4-9(8-10)15(13(20-15)14(18)19)11-6-1-2-7-12(11)17/h1-8,13H,(H,18,19)/t13-,15+/m1/s1. The summed E-state index contributed by atoms with van der Waals surface area (Å²) in [7, 11) is 0. The summed E-state index contributed by atoms with van der Waals surface area (Å²) >= 11 is 12.2. The number of carbonyl (C=O) groups is 1. The number of carboxylic acids is 1. The van der Waals surface area contributed by atoms with Crippen LogP contribution >= 0.6 is 23.2 Å². The highest BCUT2D eigenvalue weighted by atomic mass is 35.5. The predicted octanol–water partition coefficient (Wildman–Crippen LogP) is 3.72. The van der Waals surface area contributed by atoms with E-state index in [1.165, 1.54) is 0 Å². The Morgan fingerprint density at radius 3 is 2.50 bits per heavy atom. The van der Waals surface area contributed by atoms with Gasteiger partial charge in [-0.15, -0.1) is 0 Å². The van der Waals surface area contributed by atoms with Crippen molar-refractivity contribution in [2.45, 2.75) is 11.7 Å². The molecule has 0 saturated carbocycles. The van der Waals surface area contributed by atoms with Crippen molar-refractivity contribution < 1.29 is 14.6 Å². The highest BCUT2D eigenvalue weighted by molar-refractivity contribution is 6.31. The van der Waals surface area contributed by atoms with Crippen molar-refractivity contribution in [3.8, 4) is 0 Å². The van der Waals surface area contributed by atoms with Crippen molar-refractivity contribution in [3.63, 3.8) is 0 Å². The Labute approximate surface area is 125 Å². The zero-order valence-electron chi connectivity index (χ0n) is 10.2. The molecule has 3 rings (SSSR count). The van der Waals surface area contributed by atoms with Crippen LogP contribution in [0.2, 0.25) is 10.0 Å². The number of hydrogen-bond acceptors (Lipinski definition) is 2. The molecule has 1 aliphatic rings. The fourth-order valence-corrected chi connectivity index (χ4v) is 2.90. The van der Waals surface area contributed by atoms with E-state index in [0.29, 0.717) is 21.2 Å². The van der Waals surface area contributed by atoms with Gasteiger partial charge in [-0.2, -0.15) is 0 Å². The van der Waals surface area contributed by atoms with Crippen LogP contribution in [0.25, 0.3) is 0 Å². The molecule has 0 unspecified atom stereocenters. The molecule has 0 bridgehead atoms. The van der Waals surface area contributed by atoms with E-state index in [0.717, 1.165) is 0 Å². The van der Waals surface area contributed by atoms with E-state index >= 15 is 0 Å². The highest BCUT2D eigenvalue weighted by Gasteiger charge is 2.64. The lowest BCUT2D eigenvalue weighted by atomic mass is 9.88. The van der Waals surface area contributed by atoms with Crippen molar-refractivity contribution in [2.24, 2.45) is 0 Å². The molecule has 5 heteroatoms.